The van der Waals surface area contributed by atoms with Crippen molar-refractivity contribution in [2.45, 2.75) is 0 Å². The molecule has 7 nitrogen and oxygen atoms in total. The van der Waals surface area contributed by atoms with Crippen LogP contribution in [0.25, 0.3) is 5.69 Å². The summed E-state index contributed by atoms with van der Waals surface area (Å²) >= 11 is 6.01. The second kappa shape index (κ2) is 8.59. The molecule has 2 N–H and O–H groups in total. The van der Waals surface area contributed by atoms with Crippen molar-refractivity contribution in [2.75, 3.05) is 10.6 Å². The fraction of sp³-hybridized carbons (Fsp3) is 0. The Morgan fingerprint density at radius 2 is 1.53 bits per heavy atom. The molecule has 2 heterocycles. The maximum absolute atomic E-state index is 12.6. The average Bonchev–Trinajstić information content (AvgIpc) is 3.25. The van der Waals surface area contributed by atoms with Crippen LogP contribution in [0.2, 0.25) is 5.02 Å². The largest absolute Gasteiger partial charge is 0.322 e. The lowest BCUT2D eigenvalue weighted by molar-refractivity contribution is 0.101. The molecular formula is C22H16ClN5O2. The predicted molar refractivity (Wildman–Crippen MR) is 115 cm³/mol. The Morgan fingerprint density at radius 1 is 0.833 bits per heavy atom. The monoisotopic (exact) mass is 417 g/mol. The first-order valence-corrected chi connectivity index (χ1v) is 9.41. The Kier molecular flexibility index (Phi) is 5.54. The summed E-state index contributed by atoms with van der Waals surface area (Å²) in [5, 5.41) is 10.5. The second-order valence-corrected chi connectivity index (χ2v) is 6.79. The van der Waals surface area contributed by atoms with Crippen molar-refractivity contribution in [1.82, 2.24) is 14.8 Å². The van der Waals surface area contributed by atoms with Gasteiger partial charge in [-0.25, -0.2) is 4.68 Å². The first-order valence-electron chi connectivity index (χ1n) is 9.03. The molecule has 4 aromatic rings. The summed E-state index contributed by atoms with van der Waals surface area (Å²) in [6.45, 7) is 0. The van der Waals surface area contributed by atoms with Crippen molar-refractivity contribution in [2.24, 2.45) is 0 Å². The fourth-order valence-electron chi connectivity index (χ4n) is 2.78. The van der Waals surface area contributed by atoms with Gasteiger partial charge in [-0.2, -0.15) is 5.10 Å². The molecule has 0 atom stereocenters. The van der Waals surface area contributed by atoms with Gasteiger partial charge in [-0.05, 0) is 54.6 Å². The minimum absolute atomic E-state index is 0.251. The molecule has 0 aliphatic carbocycles. The van der Waals surface area contributed by atoms with Crippen molar-refractivity contribution >= 4 is 34.8 Å². The zero-order valence-corrected chi connectivity index (χ0v) is 16.4. The number of carbonyl (C=O) groups excluding carboxylic acids is 2. The molecule has 0 fully saturated rings. The highest BCUT2D eigenvalue weighted by atomic mass is 35.5. The topological polar surface area (TPSA) is 88.9 Å². The summed E-state index contributed by atoms with van der Waals surface area (Å²) in [6, 6.07) is 18.9. The van der Waals surface area contributed by atoms with Crippen molar-refractivity contribution in [3.05, 3.63) is 102 Å². The molecule has 0 saturated carbocycles. The van der Waals surface area contributed by atoms with Gasteiger partial charge in [-0.15, -0.1) is 0 Å². The minimum Gasteiger partial charge on any atom is -0.322 e. The van der Waals surface area contributed by atoms with Crippen LogP contribution in [0, 0.1) is 0 Å². The molecule has 2 amide bonds. The summed E-state index contributed by atoms with van der Waals surface area (Å²) < 4.78 is 1.58. The average molecular weight is 418 g/mol. The zero-order chi connectivity index (χ0) is 20.9. The van der Waals surface area contributed by atoms with Gasteiger partial charge in [0, 0.05) is 40.6 Å². The molecule has 30 heavy (non-hydrogen) atoms. The van der Waals surface area contributed by atoms with E-state index >= 15 is 0 Å². The second-order valence-electron chi connectivity index (χ2n) is 6.35. The molecular weight excluding hydrogens is 402 g/mol. The van der Waals surface area contributed by atoms with Crippen LogP contribution in [0.1, 0.15) is 20.8 Å². The molecule has 0 bridgehead atoms. The highest BCUT2D eigenvalue weighted by molar-refractivity contribution is 6.30. The van der Waals surface area contributed by atoms with E-state index in [-0.39, 0.29) is 17.5 Å². The third-order valence-electron chi connectivity index (χ3n) is 4.22. The third kappa shape index (κ3) is 4.53. The highest BCUT2D eigenvalue weighted by Crippen LogP contribution is 2.18. The molecule has 0 radical (unpaired) electrons. The van der Waals surface area contributed by atoms with Gasteiger partial charge < -0.3 is 10.6 Å². The SMILES string of the molecule is O=C(Nc1cccc(NC(=O)c2ccn(-c3cccc(Cl)c3)n2)c1)c1ccncc1. The van der Waals surface area contributed by atoms with Crippen LogP contribution in [-0.4, -0.2) is 26.6 Å². The fourth-order valence-corrected chi connectivity index (χ4v) is 2.97. The van der Waals surface area contributed by atoms with Crippen molar-refractivity contribution in [3.8, 4) is 5.69 Å². The number of benzene rings is 2. The number of rotatable bonds is 5. The number of pyridine rings is 1. The smallest absolute Gasteiger partial charge is 0.276 e. The molecule has 0 saturated heterocycles. The molecule has 0 unspecified atom stereocenters. The Labute approximate surface area is 177 Å². The Balaban J connectivity index is 1.45. The number of nitrogens with zero attached hydrogens (tertiary/aromatic N) is 3. The number of amides is 2. The molecule has 0 aliphatic heterocycles. The maximum Gasteiger partial charge on any atom is 0.276 e. The molecule has 0 spiro atoms. The van der Waals surface area contributed by atoms with Gasteiger partial charge in [0.15, 0.2) is 5.69 Å². The Morgan fingerprint density at radius 3 is 2.27 bits per heavy atom. The van der Waals surface area contributed by atoms with E-state index in [1.54, 1.807) is 77.9 Å². The summed E-state index contributed by atoms with van der Waals surface area (Å²) in [7, 11) is 0. The van der Waals surface area contributed by atoms with E-state index in [1.165, 1.54) is 0 Å². The van der Waals surface area contributed by atoms with Gasteiger partial charge in [0.05, 0.1) is 5.69 Å². The van der Waals surface area contributed by atoms with Gasteiger partial charge >= 0.3 is 0 Å². The molecule has 4 rings (SSSR count). The number of hydrogen-bond donors (Lipinski definition) is 2. The van der Waals surface area contributed by atoms with E-state index in [9.17, 15) is 9.59 Å². The minimum atomic E-state index is -0.367. The summed E-state index contributed by atoms with van der Waals surface area (Å²) in [5.41, 5.74) is 2.58. The van der Waals surface area contributed by atoms with E-state index in [2.05, 4.69) is 20.7 Å². The lowest BCUT2D eigenvalue weighted by Gasteiger charge is -2.08. The van der Waals surface area contributed by atoms with Crippen LogP contribution in [0.4, 0.5) is 11.4 Å². The van der Waals surface area contributed by atoms with Gasteiger partial charge in [0.1, 0.15) is 0 Å². The lowest BCUT2D eigenvalue weighted by atomic mass is 10.2. The number of aromatic nitrogens is 3. The van der Waals surface area contributed by atoms with Crippen LogP contribution in [0.5, 0.6) is 0 Å². The third-order valence-corrected chi connectivity index (χ3v) is 4.45. The maximum atomic E-state index is 12.6. The number of anilines is 2. The quantitative estimate of drug-likeness (QED) is 0.503. The molecule has 8 heteroatoms. The van der Waals surface area contributed by atoms with E-state index in [1.807, 2.05) is 12.1 Å². The van der Waals surface area contributed by atoms with E-state index in [4.69, 9.17) is 11.6 Å². The van der Waals surface area contributed by atoms with Crippen molar-refractivity contribution in [1.29, 1.82) is 0 Å². The zero-order valence-electron chi connectivity index (χ0n) is 15.6. The lowest BCUT2D eigenvalue weighted by Crippen LogP contribution is -2.14. The van der Waals surface area contributed by atoms with Crippen molar-refractivity contribution < 1.29 is 9.59 Å². The summed E-state index contributed by atoms with van der Waals surface area (Å²) in [5.74, 6) is -0.630. The first-order chi connectivity index (χ1) is 14.6. The molecule has 148 valence electrons. The summed E-state index contributed by atoms with van der Waals surface area (Å²) in [6.07, 6.45) is 4.79. The van der Waals surface area contributed by atoms with E-state index in [0.29, 0.717) is 22.0 Å². The number of nitrogens with one attached hydrogen (secondary N) is 2. The molecule has 2 aromatic carbocycles. The molecule has 2 aromatic heterocycles. The molecule has 0 aliphatic rings. The van der Waals surface area contributed by atoms with Crippen LogP contribution in [0.3, 0.4) is 0 Å². The van der Waals surface area contributed by atoms with E-state index < -0.39 is 0 Å². The number of carbonyl (C=O) groups is 2. The van der Waals surface area contributed by atoms with Gasteiger partial charge in [-0.3, -0.25) is 14.6 Å². The highest BCUT2D eigenvalue weighted by Gasteiger charge is 2.12. The normalized spacial score (nSPS) is 10.4. The Hall–Kier alpha value is -3.97. The predicted octanol–water partition coefficient (Wildman–Crippen LogP) is 4.43. The van der Waals surface area contributed by atoms with Crippen LogP contribution < -0.4 is 10.6 Å². The van der Waals surface area contributed by atoms with Gasteiger partial charge in [-0.1, -0.05) is 23.7 Å². The number of halogens is 1. The van der Waals surface area contributed by atoms with Gasteiger partial charge in [0.2, 0.25) is 0 Å². The van der Waals surface area contributed by atoms with Crippen LogP contribution in [-0.2, 0) is 0 Å². The standard InChI is InChI=1S/C22H16ClN5O2/c23-16-3-1-6-19(13-16)28-12-9-20(27-28)22(30)26-18-5-2-4-17(14-18)25-21(29)15-7-10-24-11-8-15/h1-14H,(H,25,29)(H,26,30). The first kappa shape index (κ1) is 19.4. The van der Waals surface area contributed by atoms with Gasteiger partial charge in [0.25, 0.3) is 11.8 Å². The number of hydrogen-bond acceptors (Lipinski definition) is 4. The van der Waals surface area contributed by atoms with Crippen LogP contribution in [0.15, 0.2) is 85.3 Å². The Bertz CT molecular complexity index is 1210. The van der Waals surface area contributed by atoms with Crippen LogP contribution >= 0.6 is 11.6 Å². The van der Waals surface area contributed by atoms with Crippen molar-refractivity contribution in [3.63, 3.8) is 0 Å². The summed E-state index contributed by atoms with van der Waals surface area (Å²) in [4.78, 5) is 28.7. The van der Waals surface area contributed by atoms with E-state index in [0.717, 1.165) is 5.69 Å².